The summed E-state index contributed by atoms with van der Waals surface area (Å²) >= 11 is 5.82. The van der Waals surface area contributed by atoms with Crippen LogP contribution in [-0.4, -0.2) is 23.3 Å². The molecule has 2 nitrogen and oxygen atoms in total. The van der Waals surface area contributed by atoms with E-state index in [1.54, 1.807) is 0 Å². The normalized spacial score (nSPS) is 13.8. The topological polar surface area (TPSA) is 32.3 Å². The van der Waals surface area contributed by atoms with Crippen molar-refractivity contribution in [2.75, 3.05) is 6.61 Å². The van der Waals surface area contributed by atoms with Crippen molar-refractivity contribution in [1.29, 1.82) is 0 Å². The highest BCUT2D eigenvalue weighted by atomic mass is 35.5. The summed E-state index contributed by atoms with van der Waals surface area (Å²) in [5.74, 6) is 0. The molecule has 2 N–H and O–H groups in total. The Labute approximate surface area is 103 Å². The first kappa shape index (κ1) is 13.5. The van der Waals surface area contributed by atoms with Crippen molar-refractivity contribution in [3.05, 3.63) is 34.9 Å². The van der Waals surface area contributed by atoms with Crippen molar-refractivity contribution in [3.8, 4) is 0 Å². The molecule has 0 aromatic heterocycles. The summed E-state index contributed by atoms with van der Waals surface area (Å²) in [7, 11) is 0. The molecule has 1 atom stereocenters. The first-order valence-corrected chi connectivity index (χ1v) is 5.91. The zero-order chi connectivity index (χ0) is 12.2. The maximum absolute atomic E-state index is 9.32. The highest BCUT2D eigenvalue weighted by Gasteiger charge is 2.16. The summed E-state index contributed by atoms with van der Waals surface area (Å²) in [6.45, 7) is 6.42. The minimum absolute atomic E-state index is 0.0137. The Bertz CT molecular complexity index is 316. The summed E-state index contributed by atoms with van der Waals surface area (Å²) in [6, 6.07) is 7.83. The smallest absolute Gasteiger partial charge is 0.0588 e. The van der Waals surface area contributed by atoms with Crippen LogP contribution in [0, 0.1) is 0 Å². The maximum atomic E-state index is 9.32. The van der Waals surface area contributed by atoms with E-state index >= 15 is 0 Å². The number of rotatable bonds is 4. The summed E-state index contributed by atoms with van der Waals surface area (Å²) in [4.78, 5) is 0. The zero-order valence-electron chi connectivity index (χ0n) is 10.1. The van der Waals surface area contributed by atoms with Crippen LogP contribution in [0.5, 0.6) is 0 Å². The van der Waals surface area contributed by atoms with Crippen LogP contribution in [-0.2, 0) is 6.42 Å². The lowest BCUT2D eigenvalue weighted by atomic mass is 10.0. The number of aliphatic hydroxyl groups excluding tert-OH is 1. The van der Waals surface area contributed by atoms with Gasteiger partial charge in [-0.1, -0.05) is 23.7 Å². The van der Waals surface area contributed by atoms with Gasteiger partial charge < -0.3 is 10.4 Å². The predicted molar refractivity (Wildman–Crippen MR) is 68.9 cm³/mol. The largest absolute Gasteiger partial charge is 0.395 e. The molecule has 1 unspecified atom stereocenters. The van der Waals surface area contributed by atoms with E-state index in [-0.39, 0.29) is 18.2 Å². The van der Waals surface area contributed by atoms with Crippen molar-refractivity contribution in [3.63, 3.8) is 0 Å². The molecule has 3 heteroatoms. The molecule has 90 valence electrons. The monoisotopic (exact) mass is 241 g/mol. The Morgan fingerprint density at radius 2 is 1.81 bits per heavy atom. The summed E-state index contributed by atoms with van der Waals surface area (Å²) < 4.78 is 0. The highest BCUT2D eigenvalue weighted by molar-refractivity contribution is 6.30. The van der Waals surface area contributed by atoms with Gasteiger partial charge in [-0.25, -0.2) is 0 Å². The van der Waals surface area contributed by atoms with Gasteiger partial charge in [-0.05, 0) is 44.9 Å². The fourth-order valence-electron chi connectivity index (χ4n) is 1.68. The van der Waals surface area contributed by atoms with E-state index in [1.165, 1.54) is 5.56 Å². The fraction of sp³-hybridized carbons (Fsp3) is 0.538. The van der Waals surface area contributed by atoms with Gasteiger partial charge in [0.25, 0.3) is 0 Å². The minimum atomic E-state index is 0.0137. The van der Waals surface area contributed by atoms with Gasteiger partial charge in [0.15, 0.2) is 0 Å². The molecule has 1 aromatic rings. The van der Waals surface area contributed by atoms with Crippen LogP contribution in [0.15, 0.2) is 24.3 Å². The van der Waals surface area contributed by atoms with Crippen LogP contribution in [0.2, 0.25) is 5.02 Å². The van der Waals surface area contributed by atoms with Gasteiger partial charge in [0.05, 0.1) is 6.61 Å². The van der Waals surface area contributed by atoms with Gasteiger partial charge in [-0.15, -0.1) is 0 Å². The molecule has 0 radical (unpaired) electrons. The van der Waals surface area contributed by atoms with Gasteiger partial charge >= 0.3 is 0 Å². The number of benzene rings is 1. The lowest BCUT2D eigenvalue weighted by molar-refractivity contribution is 0.215. The second kappa shape index (κ2) is 5.67. The number of halogens is 1. The lowest BCUT2D eigenvalue weighted by Crippen LogP contribution is -2.46. The Kier molecular flexibility index (Phi) is 4.78. The highest BCUT2D eigenvalue weighted by Crippen LogP contribution is 2.12. The van der Waals surface area contributed by atoms with Crippen molar-refractivity contribution in [1.82, 2.24) is 5.32 Å². The van der Waals surface area contributed by atoms with E-state index < -0.39 is 0 Å². The van der Waals surface area contributed by atoms with E-state index in [4.69, 9.17) is 11.6 Å². The van der Waals surface area contributed by atoms with Crippen LogP contribution in [0.4, 0.5) is 0 Å². The van der Waals surface area contributed by atoms with E-state index in [0.717, 1.165) is 11.4 Å². The van der Waals surface area contributed by atoms with Crippen molar-refractivity contribution >= 4 is 11.6 Å². The summed E-state index contributed by atoms with van der Waals surface area (Å²) in [5.41, 5.74) is 1.19. The quantitative estimate of drug-likeness (QED) is 0.850. The third-order valence-electron chi connectivity index (χ3n) is 2.25. The Balaban J connectivity index is 2.60. The number of hydrogen-bond donors (Lipinski definition) is 2. The SMILES string of the molecule is CC(C)(C)NC(CO)Cc1ccc(Cl)cc1. The van der Waals surface area contributed by atoms with E-state index in [1.807, 2.05) is 24.3 Å². The van der Waals surface area contributed by atoms with Gasteiger partial charge in [0.1, 0.15) is 0 Å². The Morgan fingerprint density at radius 1 is 1.25 bits per heavy atom. The first-order chi connectivity index (χ1) is 7.40. The molecule has 1 rings (SSSR count). The first-order valence-electron chi connectivity index (χ1n) is 5.54. The van der Waals surface area contributed by atoms with Crippen LogP contribution < -0.4 is 5.32 Å². The van der Waals surface area contributed by atoms with Gasteiger partial charge in [0.2, 0.25) is 0 Å². The third kappa shape index (κ3) is 4.97. The number of nitrogens with one attached hydrogen (secondary N) is 1. The van der Waals surface area contributed by atoms with Crippen LogP contribution in [0.3, 0.4) is 0 Å². The molecule has 16 heavy (non-hydrogen) atoms. The molecule has 0 saturated heterocycles. The second-order valence-electron chi connectivity index (χ2n) is 5.10. The number of aliphatic hydroxyl groups is 1. The number of hydrogen-bond acceptors (Lipinski definition) is 2. The fourth-order valence-corrected chi connectivity index (χ4v) is 1.80. The summed E-state index contributed by atoms with van der Waals surface area (Å²) in [5, 5.41) is 13.4. The molecule has 0 saturated carbocycles. The molecule has 0 aliphatic carbocycles. The van der Waals surface area contributed by atoms with Gasteiger partial charge in [0, 0.05) is 16.6 Å². The third-order valence-corrected chi connectivity index (χ3v) is 2.50. The van der Waals surface area contributed by atoms with Gasteiger partial charge in [-0.2, -0.15) is 0 Å². The molecule has 0 aliphatic rings. The molecule has 0 bridgehead atoms. The molecular weight excluding hydrogens is 222 g/mol. The standard InChI is InChI=1S/C13H20ClNO/c1-13(2,3)15-12(9-16)8-10-4-6-11(14)7-5-10/h4-7,12,15-16H,8-9H2,1-3H3. The zero-order valence-corrected chi connectivity index (χ0v) is 10.9. The lowest BCUT2D eigenvalue weighted by Gasteiger charge is -2.27. The van der Waals surface area contributed by atoms with E-state index in [2.05, 4.69) is 26.1 Å². The Morgan fingerprint density at radius 3 is 2.25 bits per heavy atom. The average molecular weight is 242 g/mol. The minimum Gasteiger partial charge on any atom is -0.395 e. The molecule has 0 amide bonds. The maximum Gasteiger partial charge on any atom is 0.0588 e. The van der Waals surface area contributed by atoms with E-state index in [0.29, 0.717) is 0 Å². The van der Waals surface area contributed by atoms with Gasteiger partial charge in [-0.3, -0.25) is 0 Å². The van der Waals surface area contributed by atoms with Crippen molar-refractivity contribution in [2.24, 2.45) is 0 Å². The Hall–Kier alpha value is -0.570. The van der Waals surface area contributed by atoms with E-state index in [9.17, 15) is 5.11 Å². The van der Waals surface area contributed by atoms with Crippen molar-refractivity contribution < 1.29 is 5.11 Å². The molecule has 1 aromatic carbocycles. The molecular formula is C13H20ClNO. The predicted octanol–water partition coefficient (Wildman–Crippen LogP) is 2.63. The van der Waals surface area contributed by atoms with Crippen LogP contribution in [0.1, 0.15) is 26.3 Å². The summed E-state index contributed by atoms with van der Waals surface area (Å²) in [6.07, 6.45) is 0.810. The molecule has 0 spiro atoms. The second-order valence-corrected chi connectivity index (χ2v) is 5.54. The molecule has 0 heterocycles. The molecule has 0 aliphatic heterocycles. The van der Waals surface area contributed by atoms with Crippen molar-refractivity contribution in [2.45, 2.75) is 38.8 Å². The average Bonchev–Trinajstić information content (AvgIpc) is 2.18. The van der Waals surface area contributed by atoms with Crippen LogP contribution >= 0.6 is 11.6 Å². The molecule has 0 fully saturated rings. The van der Waals surface area contributed by atoms with Crippen LogP contribution in [0.25, 0.3) is 0 Å².